The molecule has 0 aliphatic rings. The topological polar surface area (TPSA) is 53.1 Å². The van der Waals surface area contributed by atoms with E-state index in [1.54, 1.807) is 10.9 Å². The molecule has 102 valence electrons. The lowest BCUT2D eigenvalue weighted by Gasteiger charge is -2.10. The minimum atomic E-state index is 0.123. The van der Waals surface area contributed by atoms with E-state index in [0.29, 0.717) is 17.4 Å². The van der Waals surface area contributed by atoms with Crippen molar-refractivity contribution >= 4 is 11.6 Å². The predicted octanol–water partition coefficient (Wildman–Crippen LogP) is 2.54. The Morgan fingerprint density at radius 2 is 2.21 bits per heavy atom. The Hall–Kier alpha value is -1.52. The van der Waals surface area contributed by atoms with Crippen molar-refractivity contribution in [3.63, 3.8) is 0 Å². The molecule has 1 unspecified atom stereocenters. The van der Waals surface area contributed by atoms with E-state index in [2.05, 4.69) is 5.10 Å². The molecule has 19 heavy (non-hydrogen) atoms. The monoisotopic (exact) mass is 279 g/mol. The van der Waals surface area contributed by atoms with Gasteiger partial charge in [-0.1, -0.05) is 17.7 Å². The van der Waals surface area contributed by atoms with E-state index in [9.17, 15) is 0 Å². The van der Waals surface area contributed by atoms with Gasteiger partial charge in [0.05, 0.1) is 11.2 Å². The van der Waals surface area contributed by atoms with Gasteiger partial charge >= 0.3 is 0 Å². The van der Waals surface area contributed by atoms with E-state index < -0.39 is 0 Å². The van der Waals surface area contributed by atoms with Crippen LogP contribution in [-0.2, 0) is 20.1 Å². The van der Waals surface area contributed by atoms with Crippen LogP contribution in [0.3, 0.4) is 0 Å². The first kappa shape index (κ1) is 13.9. The summed E-state index contributed by atoms with van der Waals surface area (Å²) in [4.78, 5) is 0. The van der Waals surface area contributed by atoms with Crippen molar-refractivity contribution < 1.29 is 4.74 Å². The smallest absolute Gasteiger partial charge is 0.138 e. The minimum absolute atomic E-state index is 0.123. The van der Waals surface area contributed by atoms with Crippen molar-refractivity contribution in [1.29, 1.82) is 0 Å². The van der Waals surface area contributed by atoms with Crippen LogP contribution in [0.2, 0.25) is 5.02 Å². The summed E-state index contributed by atoms with van der Waals surface area (Å²) in [5.41, 5.74) is 7.90. The van der Waals surface area contributed by atoms with Gasteiger partial charge in [0.2, 0.25) is 0 Å². The fraction of sp³-hybridized carbons (Fsp3) is 0.357. The van der Waals surface area contributed by atoms with E-state index in [4.69, 9.17) is 22.1 Å². The molecule has 0 spiro atoms. The zero-order chi connectivity index (χ0) is 13.8. The van der Waals surface area contributed by atoms with Crippen LogP contribution in [0.25, 0.3) is 0 Å². The number of benzene rings is 1. The quantitative estimate of drug-likeness (QED) is 0.915. The van der Waals surface area contributed by atoms with Crippen LogP contribution in [-0.4, -0.2) is 15.8 Å². The predicted molar refractivity (Wildman–Crippen MR) is 76.3 cm³/mol. The molecule has 2 rings (SSSR count). The largest absolute Gasteiger partial charge is 0.487 e. The molecular formula is C14H18ClN3O. The van der Waals surface area contributed by atoms with Crippen molar-refractivity contribution in [2.45, 2.75) is 26.0 Å². The highest BCUT2D eigenvalue weighted by molar-refractivity contribution is 6.32. The summed E-state index contributed by atoms with van der Waals surface area (Å²) in [6.45, 7) is 2.43. The van der Waals surface area contributed by atoms with Gasteiger partial charge in [0.15, 0.2) is 0 Å². The molecular weight excluding hydrogens is 262 g/mol. The normalized spacial score (nSPS) is 12.4. The van der Waals surface area contributed by atoms with E-state index >= 15 is 0 Å². The molecule has 0 radical (unpaired) electrons. The lowest BCUT2D eigenvalue weighted by molar-refractivity contribution is 0.306. The molecule has 1 aromatic heterocycles. The number of hydrogen-bond acceptors (Lipinski definition) is 3. The van der Waals surface area contributed by atoms with Gasteiger partial charge in [-0.2, -0.15) is 5.10 Å². The van der Waals surface area contributed by atoms with Crippen molar-refractivity contribution in [3.05, 3.63) is 46.7 Å². The Morgan fingerprint density at radius 1 is 1.42 bits per heavy atom. The van der Waals surface area contributed by atoms with Crippen LogP contribution in [0, 0.1) is 0 Å². The molecule has 2 aromatic rings. The van der Waals surface area contributed by atoms with E-state index in [1.165, 1.54) is 0 Å². The van der Waals surface area contributed by atoms with E-state index in [-0.39, 0.29) is 6.04 Å². The van der Waals surface area contributed by atoms with Gasteiger partial charge in [0, 0.05) is 24.8 Å². The third-order valence-electron chi connectivity index (χ3n) is 2.71. The van der Waals surface area contributed by atoms with Gasteiger partial charge in [0.25, 0.3) is 0 Å². The molecule has 1 heterocycles. The number of hydrogen-bond donors (Lipinski definition) is 1. The maximum Gasteiger partial charge on any atom is 0.138 e. The molecule has 1 atom stereocenters. The molecule has 0 amide bonds. The number of rotatable bonds is 5. The second-order valence-corrected chi connectivity index (χ2v) is 5.16. The van der Waals surface area contributed by atoms with Crippen LogP contribution in [0.5, 0.6) is 5.75 Å². The molecule has 0 bridgehead atoms. The van der Waals surface area contributed by atoms with Crippen LogP contribution >= 0.6 is 11.6 Å². The fourth-order valence-corrected chi connectivity index (χ4v) is 2.13. The Morgan fingerprint density at radius 3 is 2.79 bits per heavy atom. The average Bonchev–Trinajstić information content (AvgIpc) is 2.73. The van der Waals surface area contributed by atoms with Crippen molar-refractivity contribution in [2.75, 3.05) is 0 Å². The maximum atomic E-state index is 6.20. The van der Waals surface area contributed by atoms with E-state index in [0.717, 1.165) is 17.5 Å². The molecule has 2 N–H and O–H groups in total. The summed E-state index contributed by atoms with van der Waals surface area (Å²) < 4.78 is 7.42. The highest BCUT2D eigenvalue weighted by Gasteiger charge is 2.06. The first-order chi connectivity index (χ1) is 9.04. The average molecular weight is 280 g/mol. The lowest BCUT2D eigenvalue weighted by Crippen LogP contribution is -2.17. The SMILES string of the molecule is CC(N)Cc1ccc(OCc2cnn(C)c2)c(Cl)c1. The standard InChI is InChI=1S/C14H18ClN3O/c1-10(16)5-11-3-4-14(13(15)6-11)19-9-12-7-17-18(2)8-12/h3-4,6-8,10H,5,9,16H2,1-2H3. The summed E-state index contributed by atoms with van der Waals surface area (Å²) in [5, 5.41) is 4.70. The Balaban J connectivity index is 2.00. The van der Waals surface area contributed by atoms with Gasteiger partial charge in [0.1, 0.15) is 12.4 Å². The molecule has 0 saturated carbocycles. The second kappa shape index (κ2) is 6.08. The Kier molecular flexibility index (Phi) is 4.45. The fourth-order valence-electron chi connectivity index (χ4n) is 1.87. The summed E-state index contributed by atoms with van der Waals surface area (Å²) in [5.74, 6) is 0.680. The van der Waals surface area contributed by atoms with Crippen LogP contribution in [0.1, 0.15) is 18.1 Å². The molecule has 0 fully saturated rings. The minimum Gasteiger partial charge on any atom is -0.487 e. The second-order valence-electron chi connectivity index (χ2n) is 4.76. The van der Waals surface area contributed by atoms with Gasteiger partial charge in [-0.15, -0.1) is 0 Å². The number of nitrogens with zero attached hydrogens (tertiary/aromatic N) is 2. The third kappa shape index (κ3) is 3.98. The van der Waals surface area contributed by atoms with Crippen molar-refractivity contribution in [3.8, 4) is 5.75 Å². The first-order valence-corrected chi connectivity index (χ1v) is 6.56. The van der Waals surface area contributed by atoms with Crippen LogP contribution in [0.15, 0.2) is 30.6 Å². The van der Waals surface area contributed by atoms with Gasteiger partial charge in [-0.05, 0) is 31.0 Å². The lowest BCUT2D eigenvalue weighted by atomic mass is 10.1. The van der Waals surface area contributed by atoms with Crippen LogP contribution < -0.4 is 10.5 Å². The number of aromatic nitrogens is 2. The van der Waals surface area contributed by atoms with Gasteiger partial charge in [-0.25, -0.2) is 0 Å². The Labute approximate surface area is 118 Å². The summed E-state index contributed by atoms with van der Waals surface area (Å²) in [7, 11) is 1.87. The van der Waals surface area contributed by atoms with Crippen molar-refractivity contribution in [1.82, 2.24) is 9.78 Å². The molecule has 0 aliphatic carbocycles. The Bertz CT molecular complexity index is 551. The molecule has 0 saturated heterocycles. The maximum absolute atomic E-state index is 6.20. The number of nitrogens with two attached hydrogens (primary N) is 1. The molecule has 1 aromatic carbocycles. The highest BCUT2D eigenvalue weighted by atomic mass is 35.5. The van der Waals surface area contributed by atoms with Gasteiger partial charge in [-0.3, -0.25) is 4.68 Å². The molecule has 4 nitrogen and oxygen atoms in total. The third-order valence-corrected chi connectivity index (χ3v) is 3.00. The molecule has 5 heteroatoms. The highest BCUT2D eigenvalue weighted by Crippen LogP contribution is 2.26. The summed E-state index contributed by atoms with van der Waals surface area (Å²) in [6, 6.07) is 5.91. The van der Waals surface area contributed by atoms with E-state index in [1.807, 2.05) is 38.4 Å². The first-order valence-electron chi connectivity index (χ1n) is 6.19. The zero-order valence-corrected chi connectivity index (χ0v) is 11.9. The number of halogens is 1. The summed E-state index contributed by atoms with van der Waals surface area (Å²) >= 11 is 6.20. The van der Waals surface area contributed by atoms with Crippen molar-refractivity contribution in [2.24, 2.45) is 12.8 Å². The van der Waals surface area contributed by atoms with Gasteiger partial charge < -0.3 is 10.5 Å². The molecule has 0 aliphatic heterocycles. The number of aryl methyl sites for hydroxylation is 1. The summed E-state index contributed by atoms with van der Waals surface area (Å²) in [6.07, 6.45) is 4.50. The zero-order valence-electron chi connectivity index (χ0n) is 11.1. The number of ether oxygens (including phenoxy) is 1. The van der Waals surface area contributed by atoms with Crippen LogP contribution in [0.4, 0.5) is 0 Å².